The summed E-state index contributed by atoms with van der Waals surface area (Å²) in [5.74, 6) is 3.95. The molecule has 0 atom stereocenters. The van der Waals surface area contributed by atoms with Gasteiger partial charge in [-0.05, 0) is 178 Å². The summed E-state index contributed by atoms with van der Waals surface area (Å²) < 4.78 is 33.3. The average Bonchev–Trinajstić information content (AvgIpc) is 1.61. The third kappa shape index (κ3) is 29.0. The number of aromatic amines is 3. The van der Waals surface area contributed by atoms with Gasteiger partial charge < -0.3 is 82.7 Å². The molecule has 7 amide bonds. The van der Waals surface area contributed by atoms with E-state index in [1.807, 2.05) is 86.2 Å². The van der Waals surface area contributed by atoms with Crippen molar-refractivity contribution in [2.75, 3.05) is 114 Å². The summed E-state index contributed by atoms with van der Waals surface area (Å²) >= 11 is 1.16. The number of amidine groups is 2. The maximum Gasteiger partial charge on any atom is 0.496 e. The smallest absolute Gasteiger partial charge is 0.443 e. The van der Waals surface area contributed by atoms with Crippen molar-refractivity contribution >= 4 is 140 Å². The third-order valence-electron chi connectivity index (χ3n) is 21.2. The second kappa shape index (κ2) is 43.5. The number of para-hydroxylation sites is 3. The molecule has 698 valence electrons. The number of H-pyrrole nitrogens is 3. The minimum absolute atomic E-state index is 0.0121. The molecule has 4 aliphatic rings. The zero-order chi connectivity index (χ0) is 95.7. The largest absolute Gasteiger partial charge is 0.496 e. The summed E-state index contributed by atoms with van der Waals surface area (Å²) in [7, 11) is 0.995. The fraction of sp³-hybridized carbons (Fsp3) is 0.473. The van der Waals surface area contributed by atoms with Gasteiger partial charge >= 0.3 is 38.6 Å². The highest BCUT2D eigenvalue weighted by molar-refractivity contribution is 8.13. The van der Waals surface area contributed by atoms with Crippen molar-refractivity contribution < 1.29 is 71.9 Å². The van der Waals surface area contributed by atoms with Gasteiger partial charge in [0.1, 0.15) is 57.3 Å². The van der Waals surface area contributed by atoms with Crippen molar-refractivity contribution in [1.82, 2.24) is 69.4 Å². The number of carbonyl (C=O) groups is 7. The van der Waals surface area contributed by atoms with E-state index in [-0.39, 0.29) is 58.2 Å². The molecular formula is C91H119B2N19O18S. The van der Waals surface area contributed by atoms with Gasteiger partial charge in [0.2, 0.25) is 17.7 Å². The van der Waals surface area contributed by atoms with Crippen molar-refractivity contribution in [3.8, 4) is 0 Å². The second-order valence-corrected chi connectivity index (χ2v) is 37.3. The number of nitrogens with one attached hydrogen (secondary N) is 3. The van der Waals surface area contributed by atoms with Gasteiger partial charge in [-0.2, -0.15) is 9.98 Å². The molecule has 9 aromatic rings. The molecule has 10 heterocycles. The molecule has 3 aromatic carbocycles. The highest BCUT2D eigenvalue weighted by Gasteiger charge is 2.52. The molecule has 4 saturated heterocycles. The van der Waals surface area contributed by atoms with Gasteiger partial charge in [0.15, 0.2) is 11.0 Å². The maximum absolute atomic E-state index is 12.9. The summed E-state index contributed by atoms with van der Waals surface area (Å²) in [6, 6.07) is 32.3. The van der Waals surface area contributed by atoms with Crippen LogP contribution in [0.2, 0.25) is 0 Å². The summed E-state index contributed by atoms with van der Waals surface area (Å²) in [6.45, 7) is 36.4. The molecule has 4 fully saturated rings. The quantitative estimate of drug-likeness (QED) is 0.0277. The Kier molecular flexibility index (Phi) is 33.4. The fourth-order valence-electron chi connectivity index (χ4n) is 13.8. The lowest BCUT2D eigenvalue weighted by atomic mass is 9.80. The lowest BCUT2D eigenvalue weighted by Gasteiger charge is -2.35. The minimum Gasteiger partial charge on any atom is -0.443 e. The number of benzene rings is 3. The van der Waals surface area contributed by atoms with E-state index in [0.717, 1.165) is 33.8 Å². The van der Waals surface area contributed by atoms with Crippen LogP contribution >= 0.6 is 11.8 Å². The molecule has 0 bridgehead atoms. The number of hydrogen-bond acceptors (Lipinski definition) is 28. The lowest BCUT2D eigenvalue weighted by molar-refractivity contribution is -0.132. The molecule has 5 N–H and O–H groups in total. The molecule has 37 nitrogen and oxygen atoms in total. The van der Waals surface area contributed by atoms with E-state index in [0.29, 0.717) is 171 Å². The Hall–Kier alpha value is -12.5. The van der Waals surface area contributed by atoms with Crippen LogP contribution in [0.15, 0.2) is 152 Å². The predicted octanol–water partition coefficient (Wildman–Crippen LogP) is 8.83. The predicted molar refractivity (Wildman–Crippen MR) is 505 cm³/mol. The number of hydrogen-bond donors (Lipinski definition) is 5. The van der Waals surface area contributed by atoms with Crippen molar-refractivity contribution in [2.45, 2.75) is 183 Å². The molecule has 0 spiro atoms. The van der Waals surface area contributed by atoms with Crippen molar-refractivity contribution in [2.24, 2.45) is 9.98 Å². The van der Waals surface area contributed by atoms with Crippen LogP contribution in [0.4, 0.5) is 36.6 Å². The summed E-state index contributed by atoms with van der Waals surface area (Å²) in [4.78, 5) is 181. The van der Waals surface area contributed by atoms with Crippen LogP contribution in [0.5, 0.6) is 0 Å². The van der Waals surface area contributed by atoms with E-state index >= 15 is 0 Å². The van der Waals surface area contributed by atoms with E-state index in [1.54, 1.807) is 161 Å². The number of anilines is 3. The summed E-state index contributed by atoms with van der Waals surface area (Å²) in [5.41, 5.74) is -0.574. The van der Waals surface area contributed by atoms with Crippen molar-refractivity contribution in [1.29, 1.82) is 0 Å². The van der Waals surface area contributed by atoms with Crippen molar-refractivity contribution in [3.05, 3.63) is 182 Å². The molecule has 4 aliphatic heterocycles. The Morgan fingerprint density at radius 2 is 0.794 bits per heavy atom. The van der Waals surface area contributed by atoms with Gasteiger partial charge in [-0.1, -0.05) is 60.3 Å². The molecule has 0 unspecified atom stereocenters. The highest BCUT2D eigenvalue weighted by atomic mass is 32.2. The molecule has 13 rings (SSSR count). The van der Waals surface area contributed by atoms with Gasteiger partial charge in [0, 0.05) is 166 Å². The number of nitrogens with zero attached hydrogens (tertiary/aromatic N) is 16. The van der Waals surface area contributed by atoms with Gasteiger partial charge in [-0.25, -0.2) is 49.1 Å². The first kappa shape index (κ1) is 101. The fourth-order valence-corrected chi connectivity index (χ4v) is 14.3. The number of piperazine rings is 3. The highest BCUT2D eigenvalue weighted by Crippen LogP contribution is 2.37. The van der Waals surface area contributed by atoms with Crippen molar-refractivity contribution in [3.63, 3.8) is 0 Å². The van der Waals surface area contributed by atoms with Crippen LogP contribution in [0, 0.1) is 0 Å². The van der Waals surface area contributed by atoms with Crippen LogP contribution < -0.4 is 42.3 Å². The molecule has 0 saturated carbocycles. The first-order chi connectivity index (χ1) is 61.6. The summed E-state index contributed by atoms with van der Waals surface area (Å²) in [5, 5.41) is 20.1. The van der Waals surface area contributed by atoms with Crippen LogP contribution in [0.25, 0.3) is 32.7 Å². The molecule has 6 aromatic heterocycles. The Morgan fingerprint density at radius 3 is 1.11 bits per heavy atom. The van der Waals surface area contributed by atoms with E-state index in [1.165, 1.54) is 31.4 Å². The SMILES string of the molecule is CC1(C)OB(c2ccc(N3CCN(C(=O)CCc4nc5ccccc5c(=O)[nH]4)CC3)nc2)OC1(C)C.CN(C(=O)OC(C)(C)C)C(=NC(=O)OC(C)(C)C)c1ccc(N2CCN(C(=O)CCc3nc4ccccc4c(=O)[nH]3)CC2)nc1.CSC(=NC(=O)OC(C)(C)C)N(C)C(=O)OC(C)(C)C.O=C(CCc1nc2ccccc2c(=O)[nH]1)N1CCN(c2ccc(B(O)O)cn2)CC1. The maximum atomic E-state index is 12.9. The van der Waals surface area contributed by atoms with E-state index in [2.05, 4.69) is 69.5 Å². The van der Waals surface area contributed by atoms with E-state index in [4.69, 9.17) is 38.3 Å². The number of amides is 7. The summed E-state index contributed by atoms with van der Waals surface area (Å²) in [6.07, 6.45) is 5.60. The third-order valence-corrected chi connectivity index (χ3v) is 22.0. The number of ether oxygens (including phenoxy) is 4. The Balaban J connectivity index is 0.000000188. The van der Waals surface area contributed by atoms with E-state index in [9.17, 15) is 47.9 Å². The number of fused-ring (bicyclic) bond motifs is 3. The molecule has 0 radical (unpaired) electrons. The zero-order valence-corrected chi connectivity index (χ0v) is 78.8. The Labute approximate surface area is 765 Å². The second-order valence-electron chi connectivity index (χ2n) is 36.5. The number of carbonyl (C=O) groups excluding carboxylic acids is 7. The van der Waals surface area contributed by atoms with Crippen LogP contribution in [-0.4, -0.2) is 279 Å². The van der Waals surface area contributed by atoms with Gasteiger partial charge in [0.05, 0.1) is 43.9 Å². The van der Waals surface area contributed by atoms with Crippen LogP contribution in [-0.2, 0) is 61.9 Å². The standard InChI is InChI=1S/C32H41N7O6.C26H32BN5O4.C20H22BN5O4.C13H24N2O4S/c1-31(2,3)44-29(42)36-27(37(7)30(43)45-32(4,5)6)21-12-14-25(33-20-21)38-16-18-39(19-17-38)26(40)15-13-24-34-23-11-9-8-10-22(23)28(41)35-24;1-25(2)26(3,4)36-27(35-25)18-9-11-22(28-17-18)31-13-15-32(16-14-31)23(33)12-10-21-29-20-8-6-5-7-19(20)24(34)30-21;27-19(8-6-17-23-16-4-2-1-3-15(16)20(28)24-17)26-11-9-25(10-12-26)18-7-5-14(13-22-18)21(29)30;1-12(2,3)18-10(16)14-9(20-8)15(7)11(17)19-13(4,5)6/h8-12,14,20H,13,15-19H2,1-7H3,(H,34,35,41);5-9,11,17H,10,12-16H2,1-4H3,(H,29,30,34);1-5,7,13,29-30H,6,8-12H2,(H,23,24,28);1-8H3. The minimum atomic E-state index is -1.53. The molecule has 131 heavy (non-hydrogen) atoms. The molecule has 40 heteroatoms. The molecular weight excluding hydrogens is 1700 g/mol. The monoisotopic (exact) mass is 1820 g/mol. The number of pyridine rings is 3. The first-order valence-electron chi connectivity index (χ1n) is 43.3. The number of thioether (sulfide) groups is 1. The van der Waals surface area contributed by atoms with Crippen LogP contribution in [0.3, 0.4) is 0 Å². The van der Waals surface area contributed by atoms with Crippen LogP contribution in [0.1, 0.15) is 153 Å². The number of aryl methyl sites for hydroxylation is 3. The number of rotatable bonds is 15. The topological polar surface area (TPSA) is 442 Å². The first-order valence-corrected chi connectivity index (χ1v) is 44.5. The number of aromatic nitrogens is 9. The zero-order valence-electron chi connectivity index (χ0n) is 78.0. The normalized spacial score (nSPS) is 15.4. The Bertz CT molecular complexity index is 5750. The average molecular weight is 1820 g/mol. The Morgan fingerprint density at radius 1 is 0.458 bits per heavy atom. The van der Waals surface area contributed by atoms with Gasteiger partial charge in [-0.3, -0.25) is 38.6 Å². The number of aliphatic imine (C=N–C) groups is 2. The van der Waals surface area contributed by atoms with E-state index < -0.39 is 72.2 Å². The van der Waals surface area contributed by atoms with Gasteiger partial charge in [0.25, 0.3) is 16.7 Å². The lowest BCUT2D eigenvalue weighted by Crippen LogP contribution is -2.49. The van der Waals surface area contributed by atoms with Gasteiger partial charge in [-0.15, -0.1) is 0 Å². The molecule has 0 aliphatic carbocycles.